The molecule has 2 aromatic rings. The number of esters is 1. The van der Waals surface area contributed by atoms with Gasteiger partial charge in [0.1, 0.15) is 18.9 Å². The Bertz CT molecular complexity index is 946. The highest BCUT2D eigenvalue weighted by Crippen LogP contribution is 2.16. The maximum atomic E-state index is 12.4. The van der Waals surface area contributed by atoms with E-state index < -0.39 is 11.7 Å². The Morgan fingerprint density at radius 3 is 2.32 bits per heavy atom. The van der Waals surface area contributed by atoms with Gasteiger partial charge in [-0.25, -0.2) is 9.59 Å². The van der Waals surface area contributed by atoms with Crippen molar-refractivity contribution in [1.29, 1.82) is 0 Å². The van der Waals surface area contributed by atoms with Crippen molar-refractivity contribution in [1.82, 2.24) is 15.1 Å². The molecule has 8 nitrogen and oxygen atoms in total. The Morgan fingerprint density at radius 2 is 1.65 bits per heavy atom. The molecule has 0 spiro atoms. The summed E-state index contributed by atoms with van der Waals surface area (Å²) in [6.45, 7) is 7.54. The number of piperazine rings is 1. The fourth-order valence-corrected chi connectivity index (χ4v) is 3.25. The molecule has 0 radical (unpaired) electrons. The topological polar surface area (TPSA) is 88.2 Å². The van der Waals surface area contributed by atoms with Crippen LogP contribution in [0.3, 0.4) is 0 Å². The number of amides is 2. The number of alkyl carbamates (subject to hydrolysis) is 1. The zero-order valence-electron chi connectivity index (χ0n) is 18.2. The molecule has 0 aliphatic carbocycles. The maximum absolute atomic E-state index is 12.4. The fraction of sp³-hybridized carbons (Fsp3) is 0.435. The van der Waals surface area contributed by atoms with E-state index in [9.17, 15) is 14.4 Å². The molecule has 0 aromatic heterocycles. The largest absolute Gasteiger partial charge is 0.446 e. The highest BCUT2D eigenvalue weighted by atomic mass is 16.6. The second-order valence-electron chi connectivity index (χ2n) is 8.48. The third-order valence-electron chi connectivity index (χ3n) is 4.87. The van der Waals surface area contributed by atoms with Crippen LogP contribution in [0, 0.1) is 0 Å². The summed E-state index contributed by atoms with van der Waals surface area (Å²) in [5.74, 6) is -0.538. The van der Waals surface area contributed by atoms with E-state index in [2.05, 4.69) is 5.32 Å². The van der Waals surface area contributed by atoms with E-state index in [-0.39, 0.29) is 25.2 Å². The molecule has 166 valence electrons. The Morgan fingerprint density at radius 1 is 0.968 bits per heavy atom. The molecule has 1 aliphatic rings. The smallest absolute Gasteiger partial charge is 0.408 e. The molecule has 2 amide bonds. The number of nitrogens with zero attached hydrogens (tertiary/aromatic N) is 2. The first-order valence-corrected chi connectivity index (χ1v) is 10.3. The van der Waals surface area contributed by atoms with Gasteiger partial charge in [0.15, 0.2) is 0 Å². The van der Waals surface area contributed by atoms with Gasteiger partial charge in [0.05, 0.1) is 5.56 Å². The Kier molecular flexibility index (Phi) is 7.12. The van der Waals surface area contributed by atoms with Crippen LogP contribution in [0.5, 0.6) is 0 Å². The number of carbonyl (C=O) groups is 3. The van der Waals surface area contributed by atoms with Crippen molar-refractivity contribution in [2.45, 2.75) is 26.4 Å². The Balaban J connectivity index is 1.40. The minimum atomic E-state index is -0.611. The molecular weight excluding hydrogens is 398 g/mol. The van der Waals surface area contributed by atoms with Crippen molar-refractivity contribution >= 4 is 28.7 Å². The van der Waals surface area contributed by atoms with Gasteiger partial charge in [0.2, 0.25) is 5.91 Å². The summed E-state index contributed by atoms with van der Waals surface area (Å²) in [5.41, 5.74) is -0.0935. The van der Waals surface area contributed by atoms with Crippen molar-refractivity contribution < 1.29 is 23.9 Å². The number of rotatable bonds is 5. The van der Waals surface area contributed by atoms with Gasteiger partial charge in [0, 0.05) is 26.2 Å². The van der Waals surface area contributed by atoms with Crippen LogP contribution >= 0.6 is 0 Å². The minimum absolute atomic E-state index is 0.105. The summed E-state index contributed by atoms with van der Waals surface area (Å²) in [4.78, 5) is 40.0. The van der Waals surface area contributed by atoms with Gasteiger partial charge in [0.25, 0.3) is 0 Å². The minimum Gasteiger partial charge on any atom is -0.446 e. The van der Waals surface area contributed by atoms with Crippen molar-refractivity contribution in [3.63, 3.8) is 0 Å². The number of hydrogen-bond donors (Lipinski definition) is 1. The molecule has 0 bridgehead atoms. The molecule has 1 fully saturated rings. The predicted molar refractivity (Wildman–Crippen MR) is 117 cm³/mol. The Hall–Kier alpha value is -3.13. The van der Waals surface area contributed by atoms with Crippen LogP contribution in [-0.4, -0.2) is 72.8 Å². The van der Waals surface area contributed by atoms with Crippen LogP contribution in [0.25, 0.3) is 10.8 Å². The fourth-order valence-electron chi connectivity index (χ4n) is 3.25. The van der Waals surface area contributed by atoms with E-state index in [4.69, 9.17) is 9.47 Å². The van der Waals surface area contributed by atoms with Gasteiger partial charge in [-0.3, -0.25) is 9.69 Å². The van der Waals surface area contributed by atoms with Crippen molar-refractivity contribution in [3.05, 3.63) is 48.0 Å². The van der Waals surface area contributed by atoms with Gasteiger partial charge in [-0.2, -0.15) is 0 Å². The van der Waals surface area contributed by atoms with Gasteiger partial charge >= 0.3 is 12.1 Å². The van der Waals surface area contributed by atoms with Gasteiger partial charge in [-0.1, -0.05) is 30.3 Å². The molecule has 1 heterocycles. The average Bonchev–Trinajstić information content (AvgIpc) is 2.74. The van der Waals surface area contributed by atoms with Crippen LogP contribution in [0.2, 0.25) is 0 Å². The predicted octanol–water partition coefficient (Wildman–Crippen LogP) is 2.62. The van der Waals surface area contributed by atoms with E-state index in [1.54, 1.807) is 31.7 Å². The highest BCUT2D eigenvalue weighted by Gasteiger charge is 2.23. The summed E-state index contributed by atoms with van der Waals surface area (Å²) >= 11 is 0. The van der Waals surface area contributed by atoms with Crippen LogP contribution in [0.15, 0.2) is 42.5 Å². The number of ether oxygens (including phenoxy) is 2. The summed E-state index contributed by atoms with van der Waals surface area (Å²) in [6.07, 6.45) is -0.611. The molecular formula is C23H29N3O5. The molecule has 8 heteroatoms. The lowest BCUT2D eigenvalue weighted by atomic mass is 10.1. The summed E-state index contributed by atoms with van der Waals surface area (Å²) in [6, 6.07) is 13.3. The molecule has 3 rings (SSSR count). The van der Waals surface area contributed by atoms with Crippen molar-refractivity contribution in [2.75, 3.05) is 39.5 Å². The van der Waals surface area contributed by atoms with Crippen molar-refractivity contribution in [3.8, 4) is 0 Å². The zero-order chi connectivity index (χ0) is 22.4. The first kappa shape index (κ1) is 22.6. The van der Waals surface area contributed by atoms with Gasteiger partial charge in [-0.15, -0.1) is 0 Å². The summed E-state index contributed by atoms with van der Waals surface area (Å²) in [7, 11) is 0. The lowest BCUT2D eigenvalue weighted by molar-refractivity contribution is -0.132. The second-order valence-corrected chi connectivity index (χ2v) is 8.48. The average molecular weight is 428 g/mol. The van der Waals surface area contributed by atoms with Crippen LogP contribution in [0.1, 0.15) is 31.1 Å². The van der Waals surface area contributed by atoms with Gasteiger partial charge < -0.3 is 19.7 Å². The van der Waals surface area contributed by atoms with E-state index in [0.717, 1.165) is 10.8 Å². The molecule has 0 saturated carbocycles. The Labute approximate surface area is 182 Å². The second kappa shape index (κ2) is 9.78. The molecule has 1 N–H and O–H groups in total. The van der Waals surface area contributed by atoms with Crippen LogP contribution in [-0.2, 0) is 14.3 Å². The molecule has 0 atom stereocenters. The monoisotopic (exact) mass is 427 g/mol. The number of benzene rings is 2. The van der Waals surface area contributed by atoms with E-state index in [0.29, 0.717) is 31.7 Å². The van der Waals surface area contributed by atoms with E-state index >= 15 is 0 Å². The molecule has 2 aromatic carbocycles. The van der Waals surface area contributed by atoms with E-state index in [1.807, 2.05) is 41.3 Å². The number of fused-ring (bicyclic) bond motifs is 1. The maximum Gasteiger partial charge on any atom is 0.408 e. The normalized spacial score (nSPS) is 14.9. The van der Waals surface area contributed by atoms with Crippen LogP contribution in [0.4, 0.5) is 4.79 Å². The van der Waals surface area contributed by atoms with Crippen molar-refractivity contribution in [2.24, 2.45) is 0 Å². The third-order valence-corrected chi connectivity index (χ3v) is 4.87. The molecule has 1 aliphatic heterocycles. The molecule has 1 saturated heterocycles. The quantitative estimate of drug-likeness (QED) is 0.738. The molecule has 31 heavy (non-hydrogen) atoms. The van der Waals surface area contributed by atoms with Gasteiger partial charge in [-0.05, 0) is 43.7 Å². The number of hydrogen-bond acceptors (Lipinski definition) is 6. The summed E-state index contributed by atoms with van der Waals surface area (Å²) < 4.78 is 10.6. The van der Waals surface area contributed by atoms with E-state index in [1.165, 1.54) is 0 Å². The first-order chi connectivity index (χ1) is 14.7. The lowest BCUT2D eigenvalue weighted by Gasteiger charge is -2.34. The van der Waals surface area contributed by atoms with Crippen LogP contribution < -0.4 is 5.32 Å². The number of nitrogens with one attached hydrogen (secondary N) is 1. The summed E-state index contributed by atoms with van der Waals surface area (Å²) in [5, 5.41) is 4.54. The SMILES string of the molecule is CC(C)(C)OC(=O)NCC(=O)N1CCN(COC(=O)c2ccc3ccccc3c2)CC1. The number of carbonyl (C=O) groups excluding carboxylic acids is 3. The molecule has 0 unspecified atom stereocenters. The lowest BCUT2D eigenvalue weighted by Crippen LogP contribution is -2.51. The first-order valence-electron chi connectivity index (χ1n) is 10.3. The highest BCUT2D eigenvalue weighted by molar-refractivity contribution is 5.95. The zero-order valence-corrected chi connectivity index (χ0v) is 18.2. The third kappa shape index (κ3) is 6.68. The standard InChI is InChI=1S/C23H29N3O5/c1-23(2,3)31-22(29)24-15-20(27)26-12-10-25(11-13-26)16-30-21(28)19-9-8-17-6-4-5-7-18(17)14-19/h4-9,14H,10-13,15-16H2,1-3H3,(H,24,29).